The number of thioether (sulfide) groups is 1. The number of nitrogens with one attached hydrogen (secondary N) is 1. The van der Waals surface area contributed by atoms with Crippen LogP contribution in [0, 0.1) is 0 Å². The van der Waals surface area contributed by atoms with Gasteiger partial charge in [-0.15, -0.1) is 0 Å². The molecular formula is C17H12N4O3S. The van der Waals surface area contributed by atoms with E-state index in [0.29, 0.717) is 22.4 Å². The van der Waals surface area contributed by atoms with Crippen LogP contribution in [0.1, 0.15) is 0 Å². The second kappa shape index (κ2) is 6.78. The van der Waals surface area contributed by atoms with E-state index < -0.39 is 0 Å². The zero-order valence-corrected chi connectivity index (χ0v) is 13.7. The van der Waals surface area contributed by atoms with E-state index in [-0.39, 0.29) is 11.7 Å². The van der Waals surface area contributed by atoms with Gasteiger partial charge in [0.15, 0.2) is 17.4 Å². The van der Waals surface area contributed by atoms with Crippen LogP contribution in [0.2, 0.25) is 0 Å². The summed E-state index contributed by atoms with van der Waals surface area (Å²) in [6.45, 7) is 0. The zero-order valence-electron chi connectivity index (χ0n) is 12.9. The molecular weight excluding hydrogens is 340 g/mol. The van der Waals surface area contributed by atoms with E-state index in [1.165, 1.54) is 18.0 Å². The van der Waals surface area contributed by atoms with Crippen molar-refractivity contribution in [3.8, 4) is 11.6 Å². The molecule has 0 aliphatic heterocycles. The molecule has 0 saturated heterocycles. The van der Waals surface area contributed by atoms with Gasteiger partial charge >= 0.3 is 0 Å². The number of carbonyl (C=O) groups is 1. The molecule has 0 aliphatic carbocycles. The first-order chi connectivity index (χ1) is 12.3. The van der Waals surface area contributed by atoms with E-state index in [0.717, 1.165) is 10.9 Å². The number of hydrogen-bond acceptors (Lipinski definition) is 7. The van der Waals surface area contributed by atoms with E-state index in [1.807, 2.05) is 24.3 Å². The quantitative estimate of drug-likeness (QED) is 0.433. The Hall–Kier alpha value is -3.13. The lowest BCUT2D eigenvalue weighted by atomic mass is 10.2. The Kier molecular flexibility index (Phi) is 4.17. The molecule has 1 amide bonds. The highest BCUT2D eigenvalue weighted by Crippen LogP contribution is 2.28. The van der Waals surface area contributed by atoms with Crippen molar-refractivity contribution in [2.45, 2.75) is 5.03 Å². The van der Waals surface area contributed by atoms with E-state index in [1.54, 1.807) is 24.5 Å². The van der Waals surface area contributed by atoms with Gasteiger partial charge in [-0.05, 0) is 18.2 Å². The van der Waals surface area contributed by atoms with Crippen LogP contribution < -0.4 is 5.32 Å². The van der Waals surface area contributed by atoms with Crippen molar-refractivity contribution >= 4 is 34.4 Å². The van der Waals surface area contributed by atoms with Crippen molar-refractivity contribution in [3.05, 3.63) is 55.0 Å². The molecule has 124 valence electrons. The maximum atomic E-state index is 12.1. The van der Waals surface area contributed by atoms with Crippen LogP contribution in [-0.2, 0) is 4.79 Å². The van der Waals surface area contributed by atoms with Crippen LogP contribution in [0.25, 0.3) is 22.5 Å². The van der Waals surface area contributed by atoms with Crippen molar-refractivity contribution in [2.75, 3.05) is 11.1 Å². The summed E-state index contributed by atoms with van der Waals surface area (Å²) in [5, 5.41) is 7.91. The number of hydrogen-bond donors (Lipinski definition) is 1. The molecule has 3 aromatic heterocycles. The van der Waals surface area contributed by atoms with Gasteiger partial charge in [0.1, 0.15) is 11.3 Å². The van der Waals surface area contributed by atoms with Crippen LogP contribution in [-0.4, -0.2) is 26.8 Å². The van der Waals surface area contributed by atoms with Crippen molar-refractivity contribution in [2.24, 2.45) is 0 Å². The maximum absolute atomic E-state index is 12.1. The zero-order chi connectivity index (χ0) is 17.1. The molecule has 0 aliphatic rings. The van der Waals surface area contributed by atoms with E-state index in [9.17, 15) is 4.79 Å². The van der Waals surface area contributed by atoms with Gasteiger partial charge in [0.05, 0.1) is 17.5 Å². The van der Waals surface area contributed by atoms with Crippen LogP contribution in [0.3, 0.4) is 0 Å². The van der Waals surface area contributed by atoms with Crippen LogP contribution in [0.5, 0.6) is 0 Å². The predicted molar refractivity (Wildman–Crippen MR) is 93.1 cm³/mol. The van der Waals surface area contributed by atoms with Crippen molar-refractivity contribution in [3.63, 3.8) is 0 Å². The SMILES string of the molecule is O=C(CSc1nc(-c2ccco2)nc2ccccc12)Nc1ccon1. The third-order valence-corrected chi connectivity index (χ3v) is 4.35. The van der Waals surface area contributed by atoms with Crippen LogP contribution in [0.4, 0.5) is 5.82 Å². The van der Waals surface area contributed by atoms with Crippen LogP contribution >= 0.6 is 11.8 Å². The molecule has 3 heterocycles. The Balaban J connectivity index is 1.60. The number of para-hydroxylation sites is 1. The fraction of sp³-hybridized carbons (Fsp3) is 0.0588. The lowest BCUT2D eigenvalue weighted by Crippen LogP contribution is -2.14. The summed E-state index contributed by atoms with van der Waals surface area (Å²) in [5.41, 5.74) is 0.795. The first kappa shape index (κ1) is 15.4. The third kappa shape index (κ3) is 3.38. The molecule has 0 radical (unpaired) electrons. The second-order valence-electron chi connectivity index (χ2n) is 5.07. The Bertz CT molecular complexity index is 1000. The molecule has 8 heteroatoms. The number of nitrogens with zero attached hydrogens (tertiary/aromatic N) is 3. The molecule has 0 unspecified atom stereocenters. The second-order valence-corrected chi connectivity index (χ2v) is 6.03. The lowest BCUT2D eigenvalue weighted by molar-refractivity contribution is -0.113. The summed E-state index contributed by atoms with van der Waals surface area (Å²) in [6.07, 6.45) is 2.97. The highest BCUT2D eigenvalue weighted by Gasteiger charge is 2.13. The topological polar surface area (TPSA) is 94.0 Å². The van der Waals surface area contributed by atoms with E-state index in [4.69, 9.17) is 8.94 Å². The van der Waals surface area contributed by atoms with Gasteiger partial charge in [0.25, 0.3) is 0 Å². The normalized spacial score (nSPS) is 10.9. The minimum Gasteiger partial charge on any atom is -0.461 e. The van der Waals surface area contributed by atoms with Crippen molar-refractivity contribution in [1.82, 2.24) is 15.1 Å². The predicted octanol–water partition coefficient (Wildman–Crippen LogP) is 3.61. The summed E-state index contributed by atoms with van der Waals surface area (Å²) in [7, 11) is 0. The Morgan fingerprint density at radius 1 is 1.08 bits per heavy atom. The molecule has 4 rings (SSSR count). The number of aromatic nitrogens is 3. The number of carbonyl (C=O) groups excluding carboxylic acids is 1. The molecule has 4 aromatic rings. The van der Waals surface area contributed by atoms with Crippen molar-refractivity contribution in [1.29, 1.82) is 0 Å². The Morgan fingerprint density at radius 3 is 2.80 bits per heavy atom. The van der Waals surface area contributed by atoms with Gasteiger partial charge in [-0.25, -0.2) is 9.97 Å². The fourth-order valence-corrected chi connectivity index (χ4v) is 3.08. The van der Waals surface area contributed by atoms with Gasteiger partial charge in [-0.3, -0.25) is 4.79 Å². The Labute approximate surface area is 146 Å². The highest BCUT2D eigenvalue weighted by molar-refractivity contribution is 8.00. The minimum atomic E-state index is -0.193. The number of anilines is 1. The molecule has 1 N–H and O–H groups in total. The number of benzene rings is 1. The molecule has 0 saturated carbocycles. The molecule has 0 spiro atoms. The van der Waals surface area contributed by atoms with Gasteiger partial charge in [0.2, 0.25) is 5.91 Å². The van der Waals surface area contributed by atoms with Gasteiger partial charge in [-0.2, -0.15) is 0 Å². The first-order valence-electron chi connectivity index (χ1n) is 7.43. The number of amides is 1. The number of furan rings is 1. The monoisotopic (exact) mass is 352 g/mol. The van der Waals surface area contributed by atoms with E-state index in [2.05, 4.69) is 20.4 Å². The summed E-state index contributed by atoms with van der Waals surface area (Å²) in [6, 6.07) is 12.8. The third-order valence-electron chi connectivity index (χ3n) is 3.36. The Morgan fingerprint density at radius 2 is 2.00 bits per heavy atom. The summed E-state index contributed by atoms with van der Waals surface area (Å²) in [4.78, 5) is 21.1. The van der Waals surface area contributed by atoms with Gasteiger partial charge in [-0.1, -0.05) is 35.1 Å². The minimum absolute atomic E-state index is 0.186. The van der Waals surface area contributed by atoms with Gasteiger partial charge < -0.3 is 14.3 Å². The molecule has 0 atom stereocenters. The number of fused-ring (bicyclic) bond motifs is 1. The first-order valence-corrected chi connectivity index (χ1v) is 8.42. The molecule has 25 heavy (non-hydrogen) atoms. The lowest BCUT2D eigenvalue weighted by Gasteiger charge is -2.07. The summed E-state index contributed by atoms with van der Waals surface area (Å²) < 4.78 is 10.1. The van der Waals surface area contributed by atoms with Crippen molar-refractivity contribution < 1.29 is 13.7 Å². The highest BCUT2D eigenvalue weighted by atomic mass is 32.2. The fourth-order valence-electron chi connectivity index (χ4n) is 2.26. The average Bonchev–Trinajstić information content (AvgIpc) is 3.33. The maximum Gasteiger partial charge on any atom is 0.236 e. The smallest absolute Gasteiger partial charge is 0.236 e. The molecule has 0 fully saturated rings. The average molecular weight is 352 g/mol. The molecule has 0 bridgehead atoms. The summed E-state index contributed by atoms with van der Waals surface area (Å²) >= 11 is 1.33. The molecule has 7 nitrogen and oxygen atoms in total. The van der Waals surface area contributed by atoms with E-state index >= 15 is 0 Å². The summed E-state index contributed by atoms with van der Waals surface area (Å²) in [5.74, 6) is 1.45. The number of rotatable bonds is 5. The van der Waals surface area contributed by atoms with Gasteiger partial charge in [0, 0.05) is 11.5 Å². The van der Waals surface area contributed by atoms with Crippen LogP contribution in [0.15, 0.2) is 69.0 Å². The largest absolute Gasteiger partial charge is 0.461 e. The standard InChI is InChI=1S/C17H12N4O3S/c22-15(19-14-7-9-24-21-14)10-25-17-11-4-1-2-5-12(11)18-16(20-17)13-6-3-8-23-13/h1-9H,10H2,(H,19,21,22). The molecule has 1 aromatic carbocycles.